The molecular formula is C13H23ClN2S. The summed E-state index contributed by atoms with van der Waals surface area (Å²) < 4.78 is 0.860. The average molecular weight is 275 g/mol. The molecule has 2 unspecified atom stereocenters. The van der Waals surface area contributed by atoms with Gasteiger partial charge in [0.15, 0.2) is 0 Å². The van der Waals surface area contributed by atoms with Crippen LogP contribution in [-0.4, -0.2) is 24.5 Å². The van der Waals surface area contributed by atoms with E-state index in [4.69, 9.17) is 17.3 Å². The lowest BCUT2D eigenvalue weighted by Crippen LogP contribution is -2.32. The molecule has 0 saturated heterocycles. The molecule has 0 aliphatic heterocycles. The summed E-state index contributed by atoms with van der Waals surface area (Å²) in [6, 6.07) is 2.74. The maximum Gasteiger partial charge on any atom is 0.0931 e. The SMILES string of the molecule is CC(C)C(N)CCN(C)C(C)c1csc(Cl)c1. The van der Waals surface area contributed by atoms with Crippen LogP contribution in [0.3, 0.4) is 0 Å². The molecule has 1 rings (SSSR count). The highest BCUT2D eigenvalue weighted by Gasteiger charge is 2.15. The van der Waals surface area contributed by atoms with E-state index in [0.717, 1.165) is 17.3 Å². The van der Waals surface area contributed by atoms with Crippen molar-refractivity contribution in [2.24, 2.45) is 11.7 Å². The number of rotatable bonds is 6. The summed E-state index contributed by atoms with van der Waals surface area (Å²) in [4.78, 5) is 2.33. The summed E-state index contributed by atoms with van der Waals surface area (Å²) in [6.07, 6.45) is 1.04. The van der Waals surface area contributed by atoms with Crippen molar-refractivity contribution in [1.29, 1.82) is 0 Å². The second-order valence-electron chi connectivity index (χ2n) is 5.04. The maximum absolute atomic E-state index is 6.06. The quantitative estimate of drug-likeness (QED) is 0.856. The molecule has 2 atom stereocenters. The fraction of sp³-hybridized carbons (Fsp3) is 0.692. The number of halogens is 1. The molecule has 1 aromatic rings. The Morgan fingerprint density at radius 3 is 2.53 bits per heavy atom. The molecule has 0 fully saturated rings. The first-order chi connectivity index (χ1) is 7.91. The largest absolute Gasteiger partial charge is 0.327 e. The van der Waals surface area contributed by atoms with Crippen LogP contribution in [-0.2, 0) is 0 Å². The van der Waals surface area contributed by atoms with Crippen LogP contribution in [0.2, 0.25) is 4.34 Å². The molecule has 0 bridgehead atoms. The van der Waals surface area contributed by atoms with Gasteiger partial charge in [-0.25, -0.2) is 0 Å². The van der Waals surface area contributed by atoms with Gasteiger partial charge in [-0.2, -0.15) is 0 Å². The minimum absolute atomic E-state index is 0.288. The zero-order valence-corrected chi connectivity index (χ0v) is 12.7. The molecule has 2 N–H and O–H groups in total. The van der Waals surface area contributed by atoms with Gasteiger partial charge in [-0.15, -0.1) is 11.3 Å². The summed E-state index contributed by atoms with van der Waals surface area (Å²) in [5.74, 6) is 0.550. The van der Waals surface area contributed by atoms with E-state index in [1.165, 1.54) is 5.56 Å². The molecule has 17 heavy (non-hydrogen) atoms. The van der Waals surface area contributed by atoms with E-state index in [2.05, 4.69) is 44.2 Å². The number of nitrogens with zero attached hydrogens (tertiary/aromatic N) is 1. The Balaban J connectivity index is 2.45. The molecule has 0 amide bonds. The molecule has 0 saturated carbocycles. The van der Waals surface area contributed by atoms with E-state index >= 15 is 0 Å². The first-order valence-corrected chi connectivity index (χ1v) is 7.37. The van der Waals surface area contributed by atoms with Crippen LogP contribution in [0.25, 0.3) is 0 Å². The Bertz CT molecular complexity index is 338. The smallest absolute Gasteiger partial charge is 0.0931 e. The van der Waals surface area contributed by atoms with E-state index < -0.39 is 0 Å². The highest BCUT2D eigenvalue weighted by molar-refractivity contribution is 7.14. The van der Waals surface area contributed by atoms with E-state index in [0.29, 0.717) is 12.0 Å². The highest BCUT2D eigenvalue weighted by Crippen LogP contribution is 2.27. The second kappa shape index (κ2) is 6.74. The summed E-state index contributed by atoms with van der Waals surface area (Å²) in [6.45, 7) is 7.58. The Kier molecular flexibility index (Phi) is 5.93. The van der Waals surface area contributed by atoms with E-state index in [1.807, 2.05) is 0 Å². The zero-order valence-electron chi connectivity index (χ0n) is 11.1. The molecule has 98 valence electrons. The van der Waals surface area contributed by atoms with Crippen LogP contribution in [0.1, 0.15) is 38.8 Å². The topological polar surface area (TPSA) is 29.3 Å². The van der Waals surface area contributed by atoms with Crippen molar-refractivity contribution in [3.63, 3.8) is 0 Å². The van der Waals surface area contributed by atoms with Crippen LogP contribution in [0.15, 0.2) is 11.4 Å². The Morgan fingerprint density at radius 1 is 1.41 bits per heavy atom. The van der Waals surface area contributed by atoms with Crippen LogP contribution >= 0.6 is 22.9 Å². The van der Waals surface area contributed by atoms with Gasteiger partial charge in [-0.3, -0.25) is 4.90 Å². The van der Waals surface area contributed by atoms with Crippen LogP contribution < -0.4 is 5.73 Å². The number of hydrogen-bond acceptors (Lipinski definition) is 3. The second-order valence-corrected chi connectivity index (χ2v) is 6.58. The van der Waals surface area contributed by atoms with E-state index in [9.17, 15) is 0 Å². The fourth-order valence-electron chi connectivity index (χ4n) is 1.68. The summed E-state index contributed by atoms with van der Waals surface area (Å²) in [5, 5.41) is 2.13. The molecule has 1 heterocycles. The third-order valence-electron chi connectivity index (χ3n) is 3.40. The summed E-state index contributed by atoms with van der Waals surface area (Å²) in [7, 11) is 2.14. The number of hydrogen-bond donors (Lipinski definition) is 1. The van der Waals surface area contributed by atoms with Crippen LogP contribution in [0, 0.1) is 5.92 Å². The number of nitrogens with two attached hydrogens (primary N) is 1. The van der Waals surface area contributed by atoms with E-state index in [1.54, 1.807) is 11.3 Å². The van der Waals surface area contributed by atoms with Crippen LogP contribution in [0.4, 0.5) is 0 Å². The van der Waals surface area contributed by atoms with Gasteiger partial charge in [0.2, 0.25) is 0 Å². The van der Waals surface area contributed by atoms with Gasteiger partial charge in [0.05, 0.1) is 4.34 Å². The molecule has 4 heteroatoms. The molecule has 2 nitrogen and oxygen atoms in total. The molecule has 0 radical (unpaired) electrons. The van der Waals surface area contributed by atoms with Gasteiger partial charge < -0.3 is 5.73 Å². The fourth-order valence-corrected chi connectivity index (χ4v) is 2.65. The Hall–Kier alpha value is -0.0900. The van der Waals surface area contributed by atoms with Crippen molar-refractivity contribution in [2.45, 2.75) is 39.3 Å². The van der Waals surface area contributed by atoms with Crippen molar-refractivity contribution in [1.82, 2.24) is 4.90 Å². The molecule has 0 aromatic carbocycles. The first kappa shape index (κ1) is 15.0. The molecule has 0 aliphatic rings. The molecular weight excluding hydrogens is 252 g/mol. The molecule has 0 spiro atoms. The van der Waals surface area contributed by atoms with Gasteiger partial charge >= 0.3 is 0 Å². The predicted octanol–water partition coefficient (Wildman–Crippen LogP) is 3.77. The standard InChI is InChI=1S/C13H23ClN2S/c1-9(2)12(15)5-6-16(4)10(3)11-7-13(14)17-8-11/h7-10,12H,5-6,15H2,1-4H3. The Morgan fingerprint density at radius 2 is 2.06 bits per heavy atom. The minimum Gasteiger partial charge on any atom is -0.327 e. The van der Waals surface area contributed by atoms with Crippen molar-refractivity contribution in [3.05, 3.63) is 21.3 Å². The zero-order chi connectivity index (χ0) is 13.0. The third kappa shape index (κ3) is 4.59. The summed E-state index contributed by atoms with van der Waals surface area (Å²) >= 11 is 7.55. The Labute approximate surface area is 114 Å². The van der Waals surface area contributed by atoms with Crippen molar-refractivity contribution in [2.75, 3.05) is 13.6 Å². The van der Waals surface area contributed by atoms with Gasteiger partial charge in [-0.05, 0) is 49.9 Å². The van der Waals surface area contributed by atoms with Gasteiger partial charge in [0, 0.05) is 12.1 Å². The lowest BCUT2D eigenvalue weighted by Gasteiger charge is -2.26. The van der Waals surface area contributed by atoms with Crippen molar-refractivity contribution < 1.29 is 0 Å². The monoisotopic (exact) mass is 274 g/mol. The molecule has 1 aromatic heterocycles. The highest BCUT2D eigenvalue weighted by atomic mass is 35.5. The number of thiophene rings is 1. The normalized spacial score (nSPS) is 15.5. The van der Waals surface area contributed by atoms with Crippen molar-refractivity contribution >= 4 is 22.9 Å². The lowest BCUT2D eigenvalue weighted by atomic mass is 10.0. The predicted molar refractivity (Wildman–Crippen MR) is 77.8 cm³/mol. The third-order valence-corrected chi connectivity index (χ3v) is 4.51. The molecule has 0 aliphatic carbocycles. The lowest BCUT2D eigenvalue weighted by molar-refractivity contribution is 0.244. The van der Waals surface area contributed by atoms with Crippen LogP contribution in [0.5, 0.6) is 0 Å². The van der Waals surface area contributed by atoms with Crippen molar-refractivity contribution in [3.8, 4) is 0 Å². The average Bonchev–Trinajstić information content (AvgIpc) is 2.70. The van der Waals surface area contributed by atoms with Gasteiger partial charge in [0.25, 0.3) is 0 Å². The first-order valence-electron chi connectivity index (χ1n) is 6.11. The summed E-state index contributed by atoms with van der Waals surface area (Å²) in [5.41, 5.74) is 7.35. The van der Waals surface area contributed by atoms with Gasteiger partial charge in [-0.1, -0.05) is 25.4 Å². The van der Waals surface area contributed by atoms with Gasteiger partial charge in [0.1, 0.15) is 0 Å². The van der Waals surface area contributed by atoms with E-state index in [-0.39, 0.29) is 6.04 Å². The minimum atomic E-state index is 0.288. The maximum atomic E-state index is 6.06.